The first kappa shape index (κ1) is 53.4. The maximum Gasteiger partial charge on any atom is 0.220 e. The predicted molar refractivity (Wildman–Crippen MR) is 235 cm³/mol. The molecule has 1 rings (SSSR count). The first-order chi connectivity index (χ1) is 27.8. The molecule has 334 valence electrons. The van der Waals surface area contributed by atoms with E-state index in [1.165, 1.54) is 148 Å². The molecule has 57 heavy (non-hydrogen) atoms. The molecule has 1 amide bonds. The fraction of sp³-hybridized carbons (Fsp3) is 0.854. The van der Waals surface area contributed by atoms with Crippen molar-refractivity contribution in [3.63, 3.8) is 0 Å². The molecular formula is C48H89NO8. The summed E-state index contributed by atoms with van der Waals surface area (Å²) in [5, 5.41) is 54.1. The van der Waals surface area contributed by atoms with Crippen molar-refractivity contribution in [1.82, 2.24) is 5.32 Å². The van der Waals surface area contributed by atoms with Gasteiger partial charge in [-0.2, -0.15) is 0 Å². The summed E-state index contributed by atoms with van der Waals surface area (Å²) >= 11 is 0. The summed E-state index contributed by atoms with van der Waals surface area (Å²) in [5.74, 6) is -0.188. The van der Waals surface area contributed by atoms with Crippen LogP contribution in [0.4, 0.5) is 0 Å². The Morgan fingerprint density at radius 1 is 0.579 bits per heavy atom. The van der Waals surface area contributed by atoms with Crippen molar-refractivity contribution in [2.75, 3.05) is 13.2 Å². The van der Waals surface area contributed by atoms with Gasteiger partial charge in [0, 0.05) is 6.42 Å². The van der Waals surface area contributed by atoms with Gasteiger partial charge in [-0.1, -0.05) is 179 Å². The van der Waals surface area contributed by atoms with Crippen LogP contribution in [0.2, 0.25) is 0 Å². The Labute approximate surface area is 349 Å². The second kappa shape index (κ2) is 38.6. The zero-order valence-electron chi connectivity index (χ0n) is 36.6. The standard InChI is InChI=1S/C48H89NO8/c1-3-5-7-9-11-13-15-17-18-19-20-21-22-23-24-26-28-30-32-34-36-38-44(52)49-41(40-56-48-47(55)46(54)45(53)43(39-50)57-48)42(51)37-35-33-31-29-27-25-16-14-12-10-8-6-4-2/h17-18,27,29,35,37,41-43,45-48,50-51,53-55H,3-16,19-26,28,30-34,36,38-40H2,1-2H3,(H,49,52). The molecule has 1 fully saturated rings. The molecule has 0 aliphatic carbocycles. The van der Waals surface area contributed by atoms with Crippen LogP contribution in [0.25, 0.3) is 0 Å². The number of nitrogens with one attached hydrogen (secondary N) is 1. The van der Waals surface area contributed by atoms with Crippen LogP contribution in [0.3, 0.4) is 0 Å². The Morgan fingerprint density at radius 2 is 1.00 bits per heavy atom. The molecule has 9 nitrogen and oxygen atoms in total. The van der Waals surface area contributed by atoms with E-state index in [0.717, 1.165) is 38.5 Å². The Bertz CT molecular complexity index is 987. The molecule has 0 aromatic rings. The van der Waals surface area contributed by atoms with E-state index in [9.17, 15) is 30.3 Å². The van der Waals surface area contributed by atoms with Crippen LogP contribution in [0, 0.1) is 0 Å². The number of amides is 1. The second-order valence-corrected chi connectivity index (χ2v) is 16.5. The summed E-state index contributed by atoms with van der Waals surface area (Å²) in [4.78, 5) is 13.0. The van der Waals surface area contributed by atoms with Gasteiger partial charge in [0.15, 0.2) is 6.29 Å². The highest BCUT2D eigenvalue weighted by Gasteiger charge is 2.44. The van der Waals surface area contributed by atoms with E-state index < -0.39 is 49.5 Å². The normalized spacial score (nSPS) is 21.3. The van der Waals surface area contributed by atoms with E-state index >= 15 is 0 Å². The van der Waals surface area contributed by atoms with Crippen LogP contribution in [0.5, 0.6) is 0 Å². The van der Waals surface area contributed by atoms with Gasteiger partial charge in [0.2, 0.25) is 5.91 Å². The number of rotatable bonds is 39. The van der Waals surface area contributed by atoms with Crippen molar-refractivity contribution in [2.24, 2.45) is 0 Å². The fourth-order valence-corrected chi connectivity index (χ4v) is 7.34. The summed E-state index contributed by atoms with van der Waals surface area (Å²) in [6.07, 6.45) is 40.5. The van der Waals surface area contributed by atoms with Gasteiger partial charge >= 0.3 is 0 Å². The summed E-state index contributed by atoms with van der Waals surface area (Å²) < 4.78 is 11.2. The van der Waals surface area contributed by atoms with Crippen LogP contribution in [0.15, 0.2) is 36.5 Å². The summed E-state index contributed by atoms with van der Waals surface area (Å²) in [6.45, 7) is 3.74. The molecule has 7 atom stereocenters. The van der Waals surface area contributed by atoms with Gasteiger partial charge in [-0.3, -0.25) is 4.79 Å². The highest BCUT2D eigenvalue weighted by atomic mass is 16.7. The van der Waals surface area contributed by atoms with Gasteiger partial charge in [0.1, 0.15) is 24.4 Å². The molecule has 0 aromatic carbocycles. The van der Waals surface area contributed by atoms with E-state index in [4.69, 9.17) is 9.47 Å². The summed E-state index contributed by atoms with van der Waals surface area (Å²) in [6, 6.07) is -0.819. The zero-order chi connectivity index (χ0) is 41.6. The molecule has 0 spiro atoms. The third-order valence-electron chi connectivity index (χ3n) is 11.2. The van der Waals surface area contributed by atoms with Gasteiger partial charge in [0.05, 0.1) is 25.4 Å². The number of aliphatic hydroxyl groups is 5. The number of carbonyl (C=O) groups excluding carboxylic acids is 1. The van der Waals surface area contributed by atoms with Crippen LogP contribution < -0.4 is 5.32 Å². The Kier molecular flexibility index (Phi) is 36.2. The molecule has 0 bridgehead atoms. The van der Waals surface area contributed by atoms with Gasteiger partial charge in [-0.05, 0) is 57.8 Å². The molecule has 0 saturated carbocycles. The van der Waals surface area contributed by atoms with Crippen molar-refractivity contribution in [3.8, 4) is 0 Å². The Hall–Kier alpha value is -1.59. The monoisotopic (exact) mass is 808 g/mol. The number of hydrogen-bond acceptors (Lipinski definition) is 8. The lowest BCUT2D eigenvalue weighted by Crippen LogP contribution is -2.60. The maximum atomic E-state index is 13.0. The van der Waals surface area contributed by atoms with Crippen molar-refractivity contribution in [2.45, 2.75) is 249 Å². The third-order valence-corrected chi connectivity index (χ3v) is 11.2. The SMILES string of the molecule is CCCCCCCCC=CCCCCCCCCCCCCCC(=O)NC(COC1OC(CO)C(O)C(O)C1O)C(O)C=CCCC=CCCCCCCCCC. The number of unbranched alkanes of at least 4 members (excludes halogenated alkanes) is 25. The zero-order valence-corrected chi connectivity index (χ0v) is 36.6. The smallest absolute Gasteiger partial charge is 0.220 e. The molecule has 0 aromatic heterocycles. The molecular weight excluding hydrogens is 719 g/mol. The van der Waals surface area contributed by atoms with Crippen LogP contribution in [0.1, 0.15) is 206 Å². The summed E-state index contributed by atoms with van der Waals surface area (Å²) in [5.41, 5.74) is 0. The van der Waals surface area contributed by atoms with Gasteiger partial charge in [-0.25, -0.2) is 0 Å². The first-order valence-corrected chi connectivity index (χ1v) is 23.7. The Morgan fingerprint density at radius 3 is 1.47 bits per heavy atom. The minimum Gasteiger partial charge on any atom is -0.394 e. The van der Waals surface area contributed by atoms with Crippen LogP contribution in [-0.4, -0.2) is 87.5 Å². The summed E-state index contributed by atoms with van der Waals surface area (Å²) in [7, 11) is 0. The first-order valence-electron chi connectivity index (χ1n) is 23.7. The van der Waals surface area contributed by atoms with Crippen LogP contribution in [-0.2, 0) is 14.3 Å². The van der Waals surface area contributed by atoms with Crippen molar-refractivity contribution in [1.29, 1.82) is 0 Å². The Balaban J connectivity index is 2.32. The van der Waals surface area contributed by atoms with E-state index in [-0.39, 0.29) is 12.5 Å². The lowest BCUT2D eigenvalue weighted by Gasteiger charge is -2.40. The predicted octanol–water partition coefficient (Wildman–Crippen LogP) is 10.1. The molecule has 9 heteroatoms. The molecule has 1 heterocycles. The topological polar surface area (TPSA) is 149 Å². The lowest BCUT2D eigenvalue weighted by atomic mass is 9.99. The maximum absolute atomic E-state index is 13.0. The number of allylic oxidation sites excluding steroid dienone is 5. The quantitative estimate of drug-likeness (QED) is 0.0266. The number of ether oxygens (including phenoxy) is 2. The van der Waals surface area contributed by atoms with Crippen molar-refractivity contribution < 1.29 is 39.8 Å². The van der Waals surface area contributed by atoms with Crippen molar-refractivity contribution >= 4 is 5.91 Å². The largest absolute Gasteiger partial charge is 0.394 e. The second-order valence-electron chi connectivity index (χ2n) is 16.5. The van der Waals surface area contributed by atoms with Crippen molar-refractivity contribution in [3.05, 3.63) is 36.5 Å². The minimum absolute atomic E-state index is 0.188. The van der Waals surface area contributed by atoms with E-state index in [2.05, 4.69) is 43.5 Å². The van der Waals surface area contributed by atoms with Gasteiger partial charge in [0.25, 0.3) is 0 Å². The van der Waals surface area contributed by atoms with Gasteiger partial charge in [-0.15, -0.1) is 0 Å². The third kappa shape index (κ3) is 29.3. The highest BCUT2D eigenvalue weighted by molar-refractivity contribution is 5.76. The highest BCUT2D eigenvalue weighted by Crippen LogP contribution is 2.22. The molecule has 1 aliphatic heterocycles. The van der Waals surface area contributed by atoms with E-state index in [0.29, 0.717) is 6.42 Å². The molecule has 1 saturated heterocycles. The van der Waals surface area contributed by atoms with E-state index in [1.807, 2.05) is 6.08 Å². The molecule has 7 unspecified atom stereocenters. The van der Waals surface area contributed by atoms with Crippen LogP contribution >= 0.6 is 0 Å². The molecule has 0 radical (unpaired) electrons. The number of aliphatic hydroxyl groups excluding tert-OH is 5. The molecule has 6 N–H and O–H groups in total. The fourth-order valence-electron chi connectivity index (χ4n) is 7.34. The van der Waals surface area contributed by atoms with E-state index in [1.54, 1.807) is 6.08 Å². The number of hydrogen-bond donors (Lipinski definition) is 6. The van der Waals surface area contributed by atoms with Gasteiger partial charge < -0.3 is 40.3 Å². The minimum atomic E-state index is -1.57. The average Bonchev–Trinajstić information content (AvgIpc) is 3.21. The molecule has 1 aliphatic rings. The lowest BCUT2D eigenvalue weighted by molar-refractivity contribution is -0.302. The average molecular weight is 808 g/mol. The number of carbonyl (C=O) groups is 1.